The number of aromatic nitrogens is 2. The van der Waals surface area contributed by atoms with Crippen molar-refractivity contribution in [3.63, 3.8) is 0 Å². The fraction of sp³-hybridized carbons (Fsp3) is 0.167. The molecule has 0 fully saturated rings. The van der Waals surface area contributed by atoms with Crippen molar-refractivity contribution in [2.75, 3.05) is 14.2 Å². The molecule has 1 aromatic heterocycles. The lowest BCUT2D eigenvalue weighted by atomic mass is 10.1. The van der Waals surface area contributed by atoms with Crippen LogP contribution in [0.25, 0.3) is 11.3 Å². The molecule has 3 N–H and O–H groups in total. The number of hydrogen-bond donors (Lipinski definition) is 3. The van der Waals surface area contributed by atoms with Gasteiger partial charge in [-0.1, -0.05) is 0 Å². The van der Waals surface area contributed by atoms with Crippen molar-refractivity contribution < 1.29 is 19.4 Å². The second-order valence-electron chi connectivity index (χ2n) is 3.70. The number of aromatic amines is 2. The molecule has 0 aliphatic heterocycles. The number of hydrogen-bond acceptors (Lipinski definition) is 4. The summed E-state index contributed by atoms with van der Waals surface area (Å²) in [6, 6.07) is 4.87. The number of H-pyrrole nitrogens is 2. The van der Waals surface area contributed by atoms with Crippen molar-refractivity contribution in [2.45, 2.75) is 0 Å². The van der Waals surface area contributed by atoms with Gasteiger partial charge in [-0.2, -0.15) is 0 Å². The molecule has 0 atom stereocenters. The molecule has 19 heavy (non-hydrogen) atoms. The van der Waals surface area contributed by atoms with Crippen LogP contribution in [-0.2, 0) is 0 Å². The van der Waals surface area contributed by atoms with Crippen LogP contribution >= 0.6 is 0 Å². The first-order valence-corrected chi connectivity index (χ1v) is 5.34. The monoisotopic (exact) mass is 264 g/mol. The van der Waals surface area contributed by atoms with E-state index in [4.69, 9.17) is 14.6 Å². The fourth-order valence-corrected chi connectivity index (χ4v) is 1.77. The number of carbonyl (C=O) groups is 1. The lowest BCUT2D eigenvalue weighted by Crippen LogP contribution is -2.12. The largest absolute Gasteiger partial charge is 0.497 e. The van der Waals surface area contributed by atoms with Crippen LogP contribution in [0.15, 0.2) is 23.0 Å². The molecule has 1 aromatic carbocycles. The van der Waals surface area contributed by atoms with E-state index in [-0.39, 0.29) is 11.3 Å². The van der Waals surface area contributed by atoms with E-state index in [1.807, 2.05) is 0 Å². The molecule has 7 nitrogen and oxygen atoms in total. The summed E-state index contributed by atoms with van der Waals surface area (Å²) >= 11 is 0. The molecule has 1 heterocycles. The molecule has 0 amide bonds. The van der Waals surface area contributed by atoms with Crippen molar-refractivity contribution >= 4 is 5.97 Å². The Morgan fingerprint density at radius 2 is 1.95 bits per heavy atom. The highest BCUT2D eigenvalue weighted by molar-refractivity contribution is 5.95. The Labute approximate surface area is 107 Å². The Morgan fingerprint density at radius 1 is 1.21 bits per heavy atom. The average Bonchev–Trinajstić information content (AvgIpc) is 2.79. The summed E-state index contributed by atoms with van der Waals surface area (Å²) in [5.41, 5.74) is -0.431. The molecule has 0 radical (unpaired) electrons. The summed E-state index contributed by atoms with van der Waals surface area (Å²) < 4.78 is 10.2. The van der Waals surface area contributed by atoms with Crippen LogP contribution in [0.5, 0.6) is 11.5 Å². The predicted octanol–water partition coefficient (Wildman–Crippen LogP) is 1.09. The van der Waals surface area contributed by atoms with Gasteiger partial charge in [0.25, 0.3) is 5.56 Å². The molecule has 7 heteroatoms. The van der Waals surface area contributed by atoms with E-state index in [2.05, 4.69) is 10.2 Å². The van der Waals surface area contributed by atoms with E-state index in [1.54, 1.807) is 18.2 Å². The molecule has 0 unspecified atom stereocenters. The Bertz CT molecular complexity index is 671. The van der Waals surface area contributed by atoms with Crippen LogP contribution < -0.4 is 15.0 Å². The molecule has 0 spiro atoms. The van der Waals surface area contributed by atoms with E-state index in [0.717, 1.165) is 0 Å². The van der Waals surface area contributed by atoms with Crippen molar-refractivity contribution in [3.8, 4) is 22.8 Å². The lowest BCUT2D eigenvalue weighted by molar-refractivity contribution is 0.0696. The third-order valence-corrected chi connectivity index (χ3v) is 2.67. The first-order valence-electron chi connectivity index (χ1n) is 5.34. The van der Waals surface area contributed by atoms with Gasteiger partial charge in [-0.25, -0.2) is 4.79 Å². The van der Waals surface area contributed by atoms with Gasteiger partial charge in [-0.05, 0) is 12.1 Å². The zero-order valence-corrected chi connectivity index (χ0v) is 10.3. The van der Waals surface area contributed by atoms with E-state index < -0.39 is 11.5 Å². The molecule has 2 rings (SSSR count). The van der Waals surface area contributed by atoms with Gasteiger partial charge in [-0.15, -0.1) is 0 Å². The minimum Gasteiger partial charge on any atom is -0.497 e. The van der Waals surface area contributed by atoms with E-state index in [9.17, 15) is 9.59 Å². The number of carboxylic acid groups (broad SMARTS) is 1. The number of aromatic carboxylic acids is 1. The van der Waals surface area contributed by atoms with Crippen molar-refractivity contribution in [1.82, 2.24) is 10.2 Å². The maximum absolute atomic E-state index is 11.4. The maximum Gasteiger partial charge on any atom is 0.343 e. The molecular weight excluding hydrogens is 252 g/mol. The smallest absolute Gasteiger partial charge is 0.343 e. The number of ether oxygens (including phenoxy) is 2. The highest BCUT2D eigenvalue weighted by Gasteiger charge is 2.21. The Morgan fingerprint density at radius 3 is 2.53 bits per heavy atom. The summed E-state index contributed by atoms with van der Waals surface area (Å²) in [5, 5.41) is 13.8. The number of carboxylic acids is 1. The fourth-order valence-electron chi connectivity index (χ4n) is 1.77. The minimum atomic E-state index is -1.31. The first-order chi connectivity index (χ1) is 9.08. The van der Waals surface area contributed by atoms with Crippen LogP contribution in [0.1, 0.15) is 10.4 Å². The Hall–Kier alpha value is -2.70. The standard InChI is InChI=1S/C12H12N2O5/c1-18-6-3-4-7(8(5-6)19-2)10-9(12(16)17)11(15)14-13-10/h3-5H,1-2H3,(H,16,17)(H2,13,14,15). The molecule has 0 saturated heterocycles. The number of benzene rings is 1. The second kappa shape index (κ2) is 4.89. The summed E-state index contributed by atoms with van der Waals surface area (Å²) in [5.74, 6) is -0.345. The van der Waals surface area contributed by atoms with Crippen molar-refractivity contribution in [2.24, 2.45) is 0 Å². The van der Waals surface area contributed by atoms with Gasteiger partial charge in [-0.3, -0.25) is 15.0 Å². The molecule has 0 bridgehead atoms. The zero-order valence-electron chi connectivity index (χ0n) is 10.3. The van der Waals surface area contributed by atoms with Gasteiger partial charge in [0.1, 0.15) is 11.5 Å². The minimum absolute atomic E-state index is 0.164. The highest BCUT2D eigenvalue weighted by atomic mass is 16.5. The van der Waals surface area contributed by atoms with Gasteiger partial charge < -0.3 is 14.6 Å². The van der Waals surface area contributed by atoms with Crippen molar-refractivity contribution in [3.05, 3.63) is 34.1 Å². The summed E-state index contributed by atoms with van der Waals surface area (Å²) in [4.78, 5) is 22.5. The molecule has 100 valence electrons. The van der Waals surface area contributed by atoms with E-state index in [0.29, 0.717) is 17.1 Å². The topological polar surface area (TPSA) is 104 Å². The summed E-state index contributed by atoms with van der Waals surface area (Å²) in [6.45, 7) is 0. The quantitative estimate of drug-likeness (QED) is 0.766. The highest BCUT2D eigenvalue weighted by Crippen LogP contribution is 2.32. The average molecular weight is 264 g/mol. The van der Waals surface area contributed by atoms with Crippen LogP contribution in [-0.4, -0.2) is 35.5 Å². The summed E-state index contributed by atoms with van der Waals surface area (Å²) in [6.07, 6.45) is 0. The third kappa shape index (κ3) is 2.17. The Balaban J connectivity index is 2.65. The third-order valence-electron chi connectivity index (χ3n) is 2.67. The number of methoxy groups -OCH3 is 2. The van der Waals surface area contributed by atoms with E-state index >= 15 is 0 Å². The zero-order chi connectivity index (χ0) is 14.0. The molecule has 0 aliphatic rings. The maximum atomic E-state index is 11.4. The van der Waals surface area contributed by atoms with Crippen LogP contribution in [0.3, 0.4) is 0 Å². The van der Waals surface area contributed by atoms with Crippen molar-refractivity contribution in [1.29, 1.82) is 0 Å². The van der Waals surface area contributed by atoms with Crippen LogP contribution in [0.4, 0.5) is 0 Å². The number of nitrogens with one attached hydrogen (secondary N) is 2. The van der Waals surface area contributed by atoms with E-state index in [1.165, 1.54) is 14.2 Å². The van der Waals surface area contributed by atoms with Gasteiger partial charge in [0.15, 0.2) is 5.56 Å². The lowest BCUT2D eigenvalue weighted by Gasteiger charge is -2.09. The number of rotatable bonds is 4. The summed E-state index contributed by atoms with van der Waals surface area (Å²) in [7, 11) is 2.96. The Kier molecular flexibility index (Phi) is 3.28. The molecular formula is C12H12N2O5. The normalized spacial score (nSPS) is 10.2. The van der Waals surface area contributed by atoms with Gasteiger partial charge in [0, 0.05) is 11.6 Å². The second-order valence-corrected chi connectivity index (χ2v) is 3.70. The van der Waals surface area contributed by atoms with Crippen LogP contribution in [0, 0.1) is 0 Å². The first kappa shape index (κ1) is 12.7. The van der Waals surface area contributed by atoms with Gasteiger partial charge in [0.05, 0.1) is 19.9 Å². The SMILES string of the molecule is COc1ccc(-c2[nH][nH]c(=O)c2C(=O)O)c(OC)c1. The molecule has 0 aliphatic carbocycles. The van der Waals surface area contributed by atoms with Gasteiger partial charge in [0.2, 0.25) is 0 Å². The van der Waals surface area contributed by atoms with Gasteiger partial charge >= 0.3 is 5.97 Å². The van der Waals surface area contributed by atoms with Crippen LogP contribution in [0.2, 0.25) is 0 Å². The molecule has 0 saturated carbocycles. The predicted molar refractivity (Wildman–Crippen MR) is 66.9 cm³/mol. The molecule has 2 aromatic rings.